The van der Waals surface area contributed by atoms with Crippen molar-refractivity contribution in [3.05, 3.63) is 42.9 Å². The van der Waals surface area contributed by atoms with Gasteiger partial charge in [0.05, 0.1) is 19.7 Å². The van der Waals surface area contributed by atoms with E-state index >= 15 is 0 Å². The number of carbonyl (C=O) groups is 1. The molecule has 0 amide bonds. The van der Waals surface area contributed by atoms with Crippen molar-refractivity contribution in [2.24, 2.45) is 0 Å². The van der Waals surface area contributed by atoms with Gasteiger partial charge in [-0.3, -0.25) is 14.2 Å². The number of aromatic nitrogens is 3. The molecular formula is C16H16N4O3. The Hall–Kier alpha value is -3.09. The van der Waals surface area contributed by atoms with Crippen LogP contribution in [-0.4, -0.2) is 39.1 Å². The molecule has 0 spiro atoms. The van der Waals surface area contributed by atoms with Crippen LogP contribution in [-0.2, 0) is 4.79 Å². The Morgan fingerprint density at radius 2 is 2.13 bits per heavy atom. The lowest BCUT2D eigenvalue weighted by Crippen LogP contribution is -2.09. The molecule has 7 heteroatoms. The molecule has 1 aromatic carbocycles. The number of benzene rings is 1. The lowest BCUT2D eigenvalue weighted by atomic mass is 10.1. The Morgan fingerprint density at radius 1 is 1.35 bits per heavy atom. The number of fused-ring (bicyclic) bond motifs is 1. The molecule has 7 nitrogen and oxygen atoms in total. The molecule has 0 saturated carbocycles. The number of rotatable bonds is 6. The highest BCUT2D eigenvalue weighted by molar-refractivity contribution is 5.77. The standard InChI is InChI=1S/C16H16N4O3/c1-23-12-4-2-11(3-5-12)15-16(18-7-6-14(21)22)20-9-8-17-10-13(20)19-15/h2-5,8-10,18H,6-7H2,1H3,(H,21,22). The Kier molecular flexibility index (Phi) is 4.09. The topological polar surface area (TPSA) is 88.8 Å². The second kappa shape index (κ2) is 6.35. The van der Waals surface area contributed by atoms with Gasteiger partial charge in [0.2, 0.25) is 0 Å². The van der Waals surface area contributed by atoms with Crippen LogP contribution in [0.3, 0.4) is 0 Å². The number of methoxy groups -OCH3 is 1. The van der Waals surface area contributed by atoms with E-state index < -0.39 is 5.97 Å². The van der Waals surface area contributed by atoms with Crippen LogP contribution < -0.4 is 10.1 Å². The van der Waals surface area contributed by atoms with E-state index in [2.05, 4.69) is 15.3 Å². The van der Waals surface area contributed by atoms with E-state index in [0.717, 1.165) is 22.8 Å². The lowest BCUT2D eigenvalue weighted by Gasteiger charge is -2.08. The molecule has 3 rings (SSSR count). The number of hydrogen-bond acceptors (Lipinski definition) is 5. The summed E-state index contributed by atoms with van der Waals surface area (Å²) in [5.74, 6) is 0.660. The highest BCUT2D eigenvalue weighted by Gasteiger charge is 2.14. The molecule has 2 aromatic heterocycles. The number of ether oxygens (including phenoxy) is 1. The van der Waals surface area contributed by atoms with Crippen molar-refractivity contribution in [3.8, 4) is 17.0 Å². The average Bonchev–Trinajstić information content (AvgIpc) is 2.93. The fraction of sp³-hybridized carbons (Fsp3) is 0.188. The summed E-state index contributed by atoms with van der Waals surface area (Å²) in [6, 6.07) is 7.55. The number of carboxylic acids is 1. The van der Waals surface area contributed by atoms with Gasteiger partial charge >= 0.3 is 5.97 Å². The molecule has 0 atom stereocenters. The van der Waals surface area contributed by atoms with E-state index in [1.807, 2.05) is 28.7 Å². The SMILES string of the molecule is COc1ccc(-c2nc3cnccn3c2NCCC(=O)O)cc1. The van der Waals surface area contributed by atoms with Gasteiger partial charge in [0.15, 0.2) is 5.65 Å². The van der Waals surface area contributed by atoms with Crippen molar-refractivity contribution in [2.75, 3.05) is 19.0 Å². The number of nitrogens with one attached hydrogen (secondary N) is 1. The summed E-state index contributed by atoms with van der Waals surface area (Å²) in [5.41, 5.74) is 2.34. The quantitative estimate of drug-likeness (QED) is 0.726. The minimum absolute atomic E-state index is 0.0281. The minimum atomic E-state index is -0.848. The predicted molar refractivity (Wildman–Crippen MR) is 85.7 cm³/mol. The molecule has 3 aromatic rings. The minimum Gasteiger partial charge on any atom is -0.497 e. The molecule has 0 aliphatic rings. The first-order valence-electron chi connectivity index (χ1n) is 7.11. The van der Waals surface area contributed by atoms with Gasteiger partial charge in [0, 0.05) is 24.5 Å². The zero-order valence-corrected chi connectivity index (χ0v) is 12.6. The van der Waals surface area contributed by atoms with Gasteiger partial charge in [0.1, 0.15) is 17.3 Å². The van der Waals surface area contributed by atoms with Crippen LogP contribution in [0.5, 0.6) is 5.75 Å². The van der Waals surface area contributed by atoms with Crippen LogP contribution in [0.15, 0.2) is 42.9 Å². The maximum absolute atomic E-state index is 10.7. The van der Waals surface area contributed by atoms with Gasteiger partial charge < -0.3 is 15.2 Å². The second-order valence-electron chi connectivity index (χ2n) is 4.91. The van der Waals surface area contributed by atoms with Crippen molar-refractivity contribution in [2.45, 2.75) is 6.42 Å². The van der Waals surface area contributed by atoms with Crippen LogP contribution in [0.1, 0.15) is 6.42 Å². The number of hydrogen-bond donors (Lipinski definition) is 2. The predicted octanol–water partition coefficient (Wildman–Crippen LogP) is 2.29. The van der Waals surface area contributed by atoms with Crippen molar-refractivity contribution in [3.63, 3.8) is 0 Å². The molecule has 118 valence electrons. The van der Waals surface area contributed by atoms with E-state index in [1.54, 1.807) is 25.7 Å². The van der Waals surface area contributed by atoms with Crippen molar-refractivity contribution >= 4 is 17.4 Å². The summed E-state index contributed by atoms with van der Waals surface area (Å²) in [7, 11) is 1.62. The first kappa shape index (κ1) is 14.8. The zero-order valence-electron chi connectivity index (χ0n) is 12.6. The highest BCUT2D eigenvalue weighted by atomic mass is 16.5. The van der Waals surface area contributed by atoms with E-state index in [-0.39, 0.29) is 6.42 Å². The third-order valence-electron chi connectivity index (χ3n) is 3.42. The fourth-order valence-corrected chi connectivity index (χ4v) is 2.31. The Morgan fingerprint density at radius 3 is 2.83 bits per heavy atom. The maximum Gasteiger partial charge on any atom is 0.305 e. The highest BCUT2D eigenvalue weighted by Crippen LogP contribution is 2.29. The van der Waals surface area contributed by atoms with Crippen LogP contribution in [0.4, 0.5) is 5.82 Å². The zero-order chi connectivity index (χ0) is 16.2. The van der Waals surface area contributed by atoms with Crippen LogP contribution in [0.2, 0.25) is 0 Å². The van der Waals surface area contributed by atoms with Crippen molar-refractivity contribution < 1.29 is 14.6 Å². The first-order chi connectivity index (χ1) is 11.2. The van der Waals surface area contributed by atoms with Gasteiger partial charge in [-0.25, -0.2) is 4.98 Å². The monoisotopic (exact) mass is 312 g/mol. The number of imidazole rings is 1. The fourth-order valence-electron chi connectivity index (χ4n) is 2.31. The summed E-state index contributed by atoms with van der Waals surface area (Å²) in [6.07, 6.45) is 5.14. The van der Waals surface area contributed by atoms with Crippen LogP contribution in [0, 0.1) is 0 Å². The molecular weight excluding hydrogens is 296 g/mol. The van der Waals surface area contributed by atoms with Crippen molar-refractivity contribution in [1.29, 1.82) is 0 Å². The average molecular weight is 312 g/mol. The Balaban J connectivity index is 2.01. The third-order valence-corrected chi connectivity index (χ3v) is 3.42. The number of aliphatic carboxylic acids is 1. The van der Waals surface area contributed by atoms with E-state index in [0.29, 0.717) is 12.2 Å². The van der Waals surface area contributed by atoms with E-state index in [4.69, 9.17) is 9.84 Å². The molecule has 0 bridgehead atoms. The Bertz CT molecular complexity index is 827. The molecule has 2 heterocycles. The van der Waals surface area contributed by atoms with Crippen LogP contribution in [0.25, 0.3) is 16.9 Å². The summed E-state index contributed by atoms with van der Waals surface area (Å²) in [5, 5.41) is 12.0. The summed E-state index contributed by atoms with van der Waals surface area (Å²) < 4.78 is 7.02. The largest absolute Gasteiger partial charge is 0.497 e. The first-order valence-corrected chi connectivity index (χ1v) is 7.11. The number of nitrogens with zero attached hydrogens (tertiary/aromatic N) is 3. The van der Waals surface area contributed by atoms with E-state index in [1.165, 1.54) is 0 Å². The molecule has 0 fully saturated rings. The maximum atomic E-state index is 10.7. The second-order valence-corrected chi connectivity index (χ2v) is 4.91. The molecule has 0 aliphatic heterocycles. The third kappa shape index (κ3) is 3.08. The molecule has 0 radical (unpaired) electrons. The van der Waals surface area contributed by atoms with Crippen LogP contribution >= 0.6 is 0 Å². The summed E-state index contributed by atoms with van der Waals surface area (Å²) in [4.78, 5) is 19.4. The summed E-state index contributed by atoms with van der Waals surface area (Å²) in [6.45, 7) is 0.314. The summed E-state index contributed by atoms with van der Waals surface area (Å²) >= 11 is 0. The number of anilines is 1. The van der Waals surface area contributed by atoms with Gasteiger partial charge in [-0.05, 0) is 24.3 Å². The van der Waals surface area contributed by atoms with Crippen molar-refractivity contribution in [1.82, 2.24) is 14.4 Å². The normalized spacial score (nSPS) is 10.7. The van der Waals surface area contributed by atoms with Gasteiger partial charge in [-0.2, -0.15) is 0 Å². The molecule has 23 heavy (non-hydrogen) atoms. The lowest BCUT2D eigenvalue weighted by molar-refractivity contribution is -0.136. The van der Waals surface area contributed by atoms with Gasteiger partial charge in [0.25, 0.3) is 0 Å². The molecule has 2 N–H and O–H groups in total. The smallest absolute Gasteiger partial charge is 0.305 e. The van der Waals surface area contributed by atoms with Gasteiger partial charge in [-0.15, -0.1) is 0 Å². The number of carboxylic acid groups (broad SMARTS) is 1. The van der Waals surface area contributed by atoms with Gasteiger partial charge in [-0.1, -0.05) is 0 Å². The van der Waals surface area contributed by atoms with E-state index in [9.17, 15) is 4.79 Å². The molecule has 0 saturated heterocycles. The molecule has 0 unspecified atom stereocenters. The molecule has 0 aliphatic carbocycles. The Labute approximate surface area is 132 Å².